The highest BCUT2D eigenvalue weighted by Gasteiger charge is 2.41. The topological polar surface area (TPSA) is 74.0 Å². The monoisotopic (exact) mass is 505 g/mol. The summed E-state index contributed by atoms with van der Waals surface area (Å²) in [5.74, 6) is 1.42. The van der Waals surface area contributed by atoms with E-state index in [4.69, 9.17) is 0 Å². The molecule has 8 heteroatoms. The van der Waals surface area contributed by atoms with Gasteiger partial charge < -0.3 is 10.0 Å². The Morgan fingerprint density at radius 2 is 1.89 bits per heavy atom. The second-order valence-corrected chi connectivity index (χ2v) is 11.3. The zero-order valence-electron chi connectivity index (χ0n) is 21.3. The van der Waals surface area contributed by atoms with Gasteiger partial charge in [-0.05, 0) is 74.0 Å². The molecule has 1 N–H and O–H groups in total. The van der Waals surface area contributed by atoms with Crippen molar-refractivity contribution in [3.8, 4) is 0 Å². The van der Waals surface area contributed by atoms with E-state index in [-0.39, 0.29) is 17.7 Å². The third kappa shape index (κ3) is 5.14. The van der Waals surface area contributed by atoms with Gasteiger partial charge in [-0.25, -0.2) is 4.39 Å². The number of nitrogens with zero attached hydrogens (tertiary/aromatic N) is 5. The number of aliphatic carboxylic acids is 1. The number of rotatable bonds is 8. The minimum Gasteiger partial charge on any atom is -0.480 e. The maximum absolute atomic E-state index is 14.2. The number of hydrogen-bond acceptors (Lipinski definition) is 5. The van der Waals surface area contributed by atoms with E-state index in [0.717, 1.165) is 75.3 Å². The quantitative estimate of drug-likeness (QED) is 0.489. The number of likely N-dealkylation sites (tertiary alicyclic amines) is 2. The Kier molecular flexibility index (Phi) is 6.95. The Labute approximate surface area is 217 Å². The van der Waals surface area contributed by atoms with Gasteiger partial charge in [0, 0.05) is 37.7 Å². The second-order valence-electron chi connectivity index (χ2n) is 11.3. The lowest BCUT2D eigenvalue weighted by atomic mass is 9.80. The van der Waals surface area contributed by atoms with Crippen molar-refractivity contribution in [1.82, 2.24) is 24.4 Å². The van der Waals surface area contributed by atoms with Crippen LogP contribution in [0.3, 0.4) is 0 Å². The normalized spacial score (nSPS) is 24.9. The first-order chi connectivity index (χ1) is 18.0. The number of carbonyl (C=O) groups is 1. The summed E-state index contributed by atoms with van der Waals surface area (Å²) in [5.41, 5.74) is 1.88. The Morgan fingerprint density at radius 3 is 2.62 bits per heavy atom. The molecule has 3 aliphatic rings. The number of halogens is 1. The third-order valence-electron chi connectivity index (χ3n) is 9.04. The first-order valence-electron chi connectivity index (χ1n) is 13.8. The van der Waals surface area contributed by atoms with Gasteiger partial charge >= 0.3 is 5.97 Å². The number of carboxylic acid groups (broad SMARTS) is 1. The number of benzene rings is 1. The van der Waals surface area contributed by atoms with E-state index >= 15 is 0 Å². The molecule has 2 aliphatic heterocycles. The maximum atomic E-state index is 14.2. The van der Waals surface area contributed by atoms with E-state index in [1.165, 1.54) is 12.5 Å². The number of pyridine rings is 1. The van der Waals surface area contributed by atoms with Crippen molar-refractivity contribution in [2.24, 2.45) is 11.8 Å². The summed E-state index contributed by atoms with van der Waals surface area (Å²) in [7, 11) is 0. The predicted octanol–water partition coefficient (Wildman–Crippen LogP) is 4.41. The van der Waals surface area contributed by atoms with Crippen LogP contribution in [0.25, 0.3) is 5.65 Å². The van der Waals surface area contributed by atoms with Crippen LogP contribution in [0.2, 0.25) is 0 Å². The van der Waals surface area contributed by atoms with E-state index in [2.05, 4.69) is 24.4 Å². The molecule has 7 nitrogen and oxygen atoms in total. The molecule has 3 atom stereocenters. The van der Waals surface area contributed by atoms with Gasteiger partial charge in [0.05, 0.1) is 0 Å². The van der Waals surface area contributed by atoms with Crippen LogP contribution >= 0.6 is 0 Å². The number of piperidine rings is 1. The molecule has 3 fully saturated rings. The van der Waals surface area contributed by atoms with Crippen LogP contribution in [-0.4, -0.2) is 74.2 Å². The minimum absolute atomic E-state index is 0.136. The van der Waals surface area contributed by atoms with Crippen LogP contribution in [0.1, 0.15) is 61.7 Å². The van der Waals surface area contributed by atoms with E-state index < -0.39 is 12.0 Å². The molecular weight excluding hydrogens is 469 g/mol. The Morgan fingerprint density at radius 1 is 1.05 bits per heavy atom. The molecule has 37 heavy (non-hydrogen) atoms. The fourth-order valence-electron chi connectivity index (χ4n) is 6.75. The summed E-state index contributed by atoms with van der Waals surface area (Å²) in [5, 5.41) is 18.9. The lowest BCUT2D eigenvalue weighted by molar-refractivity contribution is -0.144. The number of hydrogen-bond donors (Lipinski definition) is 1. The Hall–Kier alpha value is -2.84. The van der Waals surface area contributed by atoms with Crippen molar-refractivity contribution in [3.63, 3.8) is 0 Å². The molecule has 196 valence electrons. The van der Waals surface area contributed by atoms with E-state index in [1.807, 2.05) is 30.5 Å². The summed E-state index contributed by atoms with van der Waals surface area (Å²) >= 11 is 0. The molecule has 1 aromatic carbocycles. The largest absolute Gasteiger partial charge is 0.480 e. The number of aromatic nitrogens is 3. The summed E-state index contributed by atoms with van der Waals surface area (Å²) in [4.78, 5) is 17.0. The van der Waals surface area contributed by atoms with Gasteiger partial charge in [0.1, 0.15) is 17.7 Å². The van der Waals surface area contributed by atoms with Crippen molar-refractivity contribution < 1.29 is 14.3 Å². The Balaban J connectivity index is 1.15. The van der Waals surface area contributed by atoms with Gasteiger partial charge in [-0.2, -0.15) is 0 Å². The van der Waals surface area contributed by atoms with Crippen molar-refractivity contribution in [1.29, 1.82) is 0 Å². The van der Waals surface area contributed by atoms with Crippen molar-refractivity contribution >= 4 is 11.6 Å². The van der Waals surface area contributed by atoms with Gasteiger partial charge in [0.2, 0.25) is 0 Å². The molecule has 0 radical (unpaired) electrons. The molecule has 0 bridgehead atoms. The second kappa shape index (κ2) is 10.5. The fraction of sp³-hybridized carbons (Fsp3) is 0.552. The Bertz CT molecular complexity index is 1240. The summed E-state index contributed by atoms with van der Waals surface area (Å²) in [6.45, 7) is 4.28. The smallest absolute Gasteiger partial charge is 0.320 e. The lowest BCUT2D eigenvalue weighted by Crippen LogP contribution is -2.43. The van der Waals surface area contributed by atoms with Crippen LogP contribution in [0.4, 0.5) is 4.39 Å². The summed E-state index contributed by atoms with van der Waals surface area (Å²) in [6, 6.07) is 12.5. The van der Waals surface area contributed by atoms with E-state index in [1.54, 1.807) is 12.1 Å². The third-order valence-corrected chi connectivity index (χ3v) is 9.04. The fourth-order valence-corrected chi connectivity index (χ4v) is 6.75. The van der Waals surface area contributed by atoms with Crippen molar-refractivity contribution in [3.05, 3.63) is 65.9 Å². The standard InChI is InChI=1S/C29H36FN5O2/c30-24-8-4-7-22(16-24)25-19-34(26(29(36)37)15-20-5-3-6-20)18-23(25)17-33-13-10-21(11-14-33)28-32-31-27-9-1-2-12-35(27)28/h1-2,4,7-9,12,16,20-21,23,25-26H,3,5-6,10-11,13-15,17-19H2,(H,36,37)/t23?,25-,26-/m1/s1. The molecule has 2 aromatic heterocycles. The number of carboxylic acids is 1. The highest BCUT2D eigenvalue weighted by Crippen LogP contribution is 2.39. The molecule has 4 heterocycles. The molecule has 0 amide bonds. The van der Waals surface area contributed by atoms with Gasteiger partial charge in [0.15, 0.2) is 5.65 Å². The van der Waals surface area contributed by atoms with Crippen LogP contribution in [0, 0.1) is 17.7 Å². The lowest BCUT2D eigenvalue weighted by Gasteiger charge is -2.34. The summed E-state index contributed by atoms with van der Waals surface area (Å²) in [6.07, 6.45) is 8.32. The van der Waals surface area contributed by atoms with Crippen LogP contribution in [-0.2, 0) is 4.79 Å². The zero-order valence-corrected chi connectivity index (χ0v) is 21.3. The SMILES string of the molecule is O=C(O)[C@@H](CC1CCC1)N1CC(CN2CCC(c3nnc4ccccn34)CC2)[C@@H](c2cccc(F)c2)C1. The molecule has 3 aromatic rings. The minimum atomic E-state index is -0.716. The molecule has 0 spiro atoms. The van der Waals surface area contributed by atoms with Gasteiger partial charge in [-0.3, -0.25) is 14.1 Å². The van der Waals surface area contributed by atoms with Crippen LogP contribution in [0.5, 0.6) is 0 Å². The average molecular weight is 506 g/mol. The first kappa shape index (κ1) is 24.5. The molecule has 6 rings (SSSR count). The van der Waals surface area contributed by atoms with E-state index in [0.29, 0.717) is 18.4 Å². The van der Waals surface area contributed by atoms with E-state index in [9.17, 15) is 14.3 Å². The molecule has 2 saturated heterocycles. The molecule has 1 aliphatic carbocycles. The van der Waals surface area contributed by atoms with Gasteiger partial charge in [-0.1, -0.05) is 37.5 Å². The highest BCUT2D eigenvalue weighted by atomic mass is 19.1. The van der Waals surface area contributed by atoms with Crippen LogP contribution in [0.15, 0.2) is 48.7 Å². The van der Waals surface area contributed by atoms with Gasteiger partial charge in [0.25, 0.3) is 0 Å². The maximum Gasteiger partial charge on any atom is 0.320 e. The molecule has 1 unspecified atom stereocenters. The first-order valence-corrected chi connectivity index (χ1v) is 13.8. The van der Waals surface area contributed by atoms with Crippen molar-refractivity contribution in [2.75, 3.05) is 32.7 Å². The summed E-state index contributed by atoms with van der Waals surface area (Å²) < 4.78 is 16.3. The van der Waals surface area contributed by atoms with Crippen LogP contribution < -0.4 is 0 Å². The average Bonchev–Trinajstić information content (AvgIpc) is 3.48. The number of fused-ring (bicyclic) bond motifs is 1. The molecule has 1 saturated carbocycles. The van der Waals surface area contributed by atoms with Gasteiger partial charge in [-0.15, -0.1) is 10.2 Å². The molecular formula is C29H36FN5O2. The predicted molar refractivity (Wildman–Crippen MR) is 139 cm³/mol. The zero-order chi connectivity index (χ0) is 25.4. The highest BCUT2D eigenvalue weighted by molar-refractivity contribution is 5.73. The van der Waals surface area contributed by atoms with Crippen molar-refractivity contribution in [2.45, 2.75) is 56.4 Å².